The molecule has 132 valence electrons. The van der Waals surface area contributed by atoms with Gasteiger partial charge < -0.3 is 14.8 Å². The first-order valence-corrected chi connectivity index (χ1v) is 8.41. The summed E-state index contributed by atoms with van der Waals surface area (Å²) in [5, 5.41) is 13.5. The smallest absolute Gasteiger partial charge is 0.291 e. The molecule has 1 heterocycles. The summed E-state index contributed by atoms with van der Waals surface area (Å²) < 4.78 is 5.58. The number of hydrogen-bond donors (Lipinski definition) is 2. The summed E-state index contributed by atoms with van der Waals surface area (Å²) in [7, 11) is 0. The van der Waals surface area contributed by atoms with E-state index in [4.69, 9.17) is 4.42 Å². The van der Waals surface area contributed by atoms with Crippen molar-refractivity contribution < 1.29 is 14.3 Å². The zero-order chi connectivity index (χ0) is 18.6. The average molecular weight is 356 g/mol. The number of phenolic OH excluding ortho intramolecular Hbond substituents is 1. The van der Waals surface area contributed by atoms with E-state index in [1.807, 2.05) is 36.4 Å². The van der Waals surface area contributed by atoms with Gasteiger partial charge in [-0.3, -0.25) is 9.79 Å². The normalized spacial score (nSPS) is 11.1. The van der Waals surface area contributed by atoms with Crippen molar-refractivity contribution >= 4 is 34.5 Å². The van der Waals surface area contributed by atoms with Crippen LogP contribution in [0.5, 0.6) is 5.75 Å². The summed E-state index contributed by atoms with van der Waals surface area (Å²) in [6.07, 6.45) is 1.58. The third-order valence-electron chi connectivity index (χ3n) is 4.04. The van der Waals surface area contributed by atoms with E-state index in [0.29, 0.717) is 22.5 Å². The Labute approximate surface area is 155 Å². The first-order valence-electron chi connectivity index (χ1n) is 8.41. The second-order valence-electron chi connectivity index (χ2n) is 5.97. The number of anilines is 1. The van der Waals surface area contributed by atoms with E-state index in [1.165, 1.54) is 0 Å². The van der Waals surface area contributed by atoms with Crippen molar-refractivity contribution in [2.75, 3.05) is 5.32 Å². The molecule has 0 fully saturated rings. The first kappa shape index (κ1) is 16.6. The van der Waals surface area contributed by atoms with Gasteiger partial charge in [-0.2, -0.15) is 0 Å². The largest absolute Gasteiger partial charge is 0.507 e. The maximum absolute atomic E-state index is 12.4. The van der Waals surface area contributed by atoms with E-state index in [9.17, 15) is 9.90 Å². The van der Waals surface area contributed by atoms with E-state index < -0.39 is 0 Å². The van der Waals surface area contributed by atoms with Crippen LogP contribution in [0.3, 0.4) is 0 Å². The van der Waals surface area contributed by atoms with Gasteiger partial charge in [-0.05, 0) is 42.5 Å². The van der Waals surface area contributed by atoms with Crippen LogP contribution in [-0.2, 0) is 0 Å². The van der Waals surface area contributed by atoms with Gasteiger partial charge in [0.25, 0.3) is 5.91 Å². The number of aliphatic imine (C=N–C) groups is 1. The molecule has 0 atom stereocenters. The minimum absolute atomic E-state index is 0.163. The van der Waals surface area contributed by atoms with Crippen molar-refractivity contribution in [1.29, 1.82) is 0 Å². The van der Waals surface area contributed by atoms with Crippen LogP contribution in [0.1, 0.15) is 16.1 Å². The molecule has 3 aromatic carbocycles. The van der Waals surface area contributed by atoms with E-state index in [1.54, 1.807) is 48.7 Å². The molecule has 0 aliphatic rings. The van der Waals surface area contributed by atoms with Crippen LogP contribution >= 0.6 is 0 Å². The molecule has 0 aliphatic heterocycles. The number of carbonyl (C=O) groups excluding carboxylic acids is 1. The predicted octanol–water partition coefficient (Wildman–Crippen LogP) is 5.14. The third kappa shape index (κ3) is 3.72. The molecule has 0 radical (unpaired) electrons. The number of phenols is 1. The van der Waals surface area contributed by atoms with Crippen molar-refractivity contribution in [2.45, 2.75) is 0 Å². The van der Waals surface area contributed by atoms with Gasteiger partial charge in [-0.25, -0.2) is 0 Å². The van der Waals surface area contributed by atoms with Crippen molar-refractivity contribution in [3.05, 3.63) is 90.2 Å². The molecule has 1 amide bonds. The lowest BCUT2D eigenvalue weighted by Gasteiger charge is -2.04. The molecular weight excluding hydrogens is 340 g/mol. The van der Waals surface area contributed by atoms with Crippen molar-refractivity contribution in [3.63, 3.8) is 0 Å². The van der Waals surface area contributed by atoms with E-state index in [2.05, 4.69) is 10.3 Å². The fourth-order valence-electron chi connectivity index (χ4n) is 2.69. The molecule has 4 rings (SSSR count). The number of para-hydroxylation sites is 2. The van der Waals surface area contributed by atoms with Crippen LogP contribution in [0.25, 0.3) is 11.0 Å². The minimum atomic E-state index is -0.326. The van der Waals surface area contributed by atoms with Gasteiger partial charge in [-0.1, -0.05) is 36.4 Å². The lowest BCUT2D eigenvalue weighted by Crippen LogP contribution is -2.10. The second-order valence-corrected chi connectivity index (χ2v) is 5.97. The molecule has 1 aromatic heterocycles. The number of fused-ring (bicyclic) bond motifs is 1. The monoisotopic (exact) mass is 356 g/mol. The van der Waals surface area contributed by atoms with Crippen molar-refractivity contribution in [1.82, 2.24) is 0 Å². The zero-order valence-corrected chi connectivity index (χ0v) is 14.3. The molecular formula is C22H16N2O3. The highest BCUT2D eigenvalue weighted by atomic mass is 16.3. The molecule has 0 spiro atoms. The Morgan fingerprint density at radius 2 is 1.78 bits per heavy atom. The van der Waals surface area contributed by atoms with Gasteiger partial charge in [0, 0.05) is 22.9 Å². The Morgan fingerprint density at radius 3 is 2.63 bits per heavy atom. The topological polar surface area (TPSA) is 74.8 Å². The molecule has 0 aliphatic carbocycles. The summed E-state index contributed by atoms with van der Waals surface area (Å²) in [4.78, 5) is 16.8. The molecule has 4 aromatic rings. The highest BCUT2D eigenvalue weighted by Crippen LogP contribution is 2.22. The van der Waals surface area contributed by atoms with Crippen molar-refractivity contribution in [3.8, 4) is 5.75 Å². The fraction of sp³-hybridized carbons (Fsp3) is 0. The third-order valence-corrected chi connectivity index (χ3v) is 4.04. The van der Waals surface area contributed by atoms with Gasteiger partial charge in [0.05, 0.1) is 5.69 Å². The molecule has 5 nitrogen and oxygen atoms in total. The Hall–Kier alpha value is -3.86. The van der Waals surface area contributed by atoms with Gasteiger partial charge in [0.15, 0.2) is 5.76 Å². The Balaban J connectivity index is 1.52. The van der Waals surface area contributed by atoms with Crippen LogP contribution in [-0.4, -0.2) is 17.2 Å². The second kappa shape index (κ2) is 7.17. The van der Waals surface area contributed by atoms with Gasteiger partial charge in [0.1, 0.15) is 11.3 Å². The number of carbonyl (C=O) groups is 1. The highest BCUT2D eigenvalue weighted by Gasteiger charge is 2.12. The van der Waals surface area contributed by atoms with Gasteiger partial charge >= 0.3 is 0 Å². The number of nitrogens with zero attached hydrogens (tertiary/aromatic N) is 1. The van der Waals surface area contributed by atoms with E-state index in [0.717, 1.165) is 5.39 Å². The van der Waals surface area contributed by atoms with Crippen molar-refractivity contribution in [2.24, 2.45) is 4.99 Å². The maximum Gasteiger partial charge on any atom is 0.291 e. The molecule has 0 saturated heterocycles. The van der Waals surface area contributed by atoms with Gasteiger partial charge in [0.2, 0.25) is 0 Å². The number of benzene rings is 3. The number of rotatable bonds is 4. The summed E-state index contributed by atoms with van der Waals surface area (Å²) in [5.74, 6) is 0.0861. The van der Waals surface area contributed by atoms with Crippen LogP contribution < -0.4 is 5.32 Å². The summed E-state index contributed by atoms with van der Waals surface area (Å²) in [5.41, 5.74) is 2.55. The van der Waals surface area contributed by atoms with E-state index >= 15 is 0 Å². The minimum Gasteiger partial charge on any atom is -0.507 e. The summed E-state index contributed by atoms with van der Waals surface area (Å²) in [6, 6.07) is 23.3. The number of hydrogen-bond acceptors (Lipinski definition) is 4. The lowest BCUT2D eigenvalue weighted by molar-refractivity contribution is 0.0998. The number of amides is 1. The van der Waals surface area contributed by atoms with Crippen LogP contribution in [0.15, 0.2) is 88.3 Å². The molecule has 2 N–H and O–H groups in total. The molecule has 0 bridgehead atoms. The quantitative estimate of drug-likeness (QED) is 0.497. The van der Waals surface area contributed by atoms with Crippen LogP contribution in [0, 0.1) is 0 Å². The van der Waals surface area contributed by atoms with E-state index in [-0.39, 0.29) is 17.4 Å². The Morgan fingerprint density at radius 1 is 0.963 bits per heavy atom. The SMILES string of the molecule is O=C(Nc1cccc(N=Cc2ccccc2O)c1)c1cc2ccccc2o1. The molecule has 27 heavy (non-hydrogen) atoms. The lowest BCUT2D eigenvalue weighted by atomic mass is 10.2. The Bertz CT molecular complexity index is 1110. The summed E-state index contributed by atoms with van der Waals surface area (Å²) >= 11 is 0. The zero-order valence-electron chi connectivity index (χ0n) is 14.3. The number of nitrogens with one attached hydrogen (secondary N) is 1. The maximum atomic E-state index is 12.4. The fourth-order valence-corrected chi connectivity index (χ4v) is 2.69. The average Bonchev–Trinajstić information content (AvgIpc) is 3.12. The van der Waals surface area contributed by atoms with Gasteiger partial charge in [-0.15, -0.1) is 0 Å². The van der Waals surface area contributed by atoms with Crippen LogP contribution in [0.4, 0.5) is 11.4 Å². The predicted molar refractivity (Wildman–Crippen MR) is 106 cm³/mol. The standard InChI is InChI=1S/C22H16N2O3/c25-19-10-3-1-7-16(19)14-23-17-8-5-9-18(13-17)24-22(26)21-12-15-6-2-4-11-20(15)27-21/h1-14,25H,(H,24,26). The van der Waals surface area contributed by atoms with Crippen LogP contribution in [0.2, 0.25) is 0 Å². The highest BCUT2D eigenvalue weighted by molar-refractivity contribution is 6.04. The number of furan rings is 1. The molecule has 5 heteroatoms. The summed E-state index contributed by atoms with van der Waals surface area (Å²) in [6.45, 7) is 0. The molecule has 0 saturated carbocycles. The first-order chi connectivity index (χ1) is 13.2. The molecule has 0 unspecified atom stereocenters. The number of aromatic hydroxyl groups is 1. The Kier molecular flexibility index (Phi) is 4.41.